The SMILES string of the molecule is Cc1ccc([C@H](C)NC(=O)CN(c2ccc(C)c(C)c2)S(=O)(=O)c2ccc(C)cc2)cc1. The summed E-state index contributed by atoms with van der Waals surface area (Å²) in [4.78, 5) is 13.1. The standard InChI is InChI=1S/C26H30N2O3S/c1-18-6-11-23(12-7-18)22(5)27-26(29)17-28(24-13-10-20(3)21(4)16-24)32(30,31)25-14-8-19(2)9-15-25/h6-16,22H,17H2,1-5H3,(H,27,29)/t22-/m0/s1. The first kappa shape index (κ1) is 23.5. The highest BCUT2D eigenvalue weighted by Gasteiger charge is 2.28. The van der Waals surface area contributed by atoms with Crippen LogP contribution in [-0.2, 0) is 14.8 Å². The summed E-state index contributed by atoms with van der Waals surface area (Å²) in [5.41, 5.74) is 5.54. The molecular formula is C26H30N2O3S. The van der Waals surface area contributed by atoms with Crippen LogP contribution in [0.4, 0.5) is 5.69 Å². The minimum absolute atomic E-state index is 0.153. The molecule has 1 N–H and O–H groups in total. The normalized spacial score (nSPS) is 12.3. The molecule has 3 rings (SSSR count). The molecule has 0 aromatic heterocycles. The molecule has 32 heavy (non-hydrogen) atoms. The van der Waals surface area contributed by atoms with Crippen molar-refractivity contribution >= 4 is 21.6 Å². The molecule has 0 bridgehead atoms. The Morgan fingerprint density at radius 2 is 1.41 bits per heavy atom. The number of anilines is 1. The number of benzene rings is 3. The van der Waals surface area contributed by atoms with E-state index in [1.54, 1.807) is 36.4 Å². The number of hydrogen-bond acceptors (Lipinski definition) is 3. The van der Waals surface area contributed by atoms with Crippen LogP contribution in [0.5, 0.6) is 0 Å². The lowest BCUT2D eigenvalue weighted by atomic mass is 10.1. The van der Waals surface area contributed by atoms with Crippen LogP contribution in [0.1, 0.15) is 40.8 Å². The maximum atomic E-state index is 13.5. The molecule has 168 valence electrons. The van der Waals surface area contributed by atoms with Gasteiger partial charge in [0.15, 0.2) is 0 Å². The van der Waals surface area contributed by atoms with Gasteiger partial charge < -0.3 is 5.32 Å². The van der Waals surface area contributed by atoms with Crippen molar-refractivity contribution in [3.8, 4) is 0 Å². The zero-order valence-electron chi connectivity index (χ0n) is 19.2. The highest BCUT2D eigenvalue weighted by Crippen LogP contribution is 2.26. The Morgan fingerprint density at radius 3 is 1.97 bits per heavy atom. The van der Waals surface area contributed by atoms with Crippen LogP contribution < -0.4 is 9.62 Å². The Hall–Kier alpha value is -3.12. The summed E-state index contributed by atoms with van der Waals surface area (Å²) >= 11 is 0. The van der Waals surface area contributed by atoms with Gasteiger partial charge in [-0.25, -0.2) is 8.42 Å². The Kier molecular flexibility index (Phi) is 7.04. The van der Waals surface area contributed by atoms with E-state index < -0.39 is 10.0 Å². The molecule has 1 amide bonds. The number of nitrogens with zero attached hydrogens (tertiary/aromatic N) is 1. The van der Waals surface area contributed by atoms with Crippen LogP contribution in [0.15, 0.2) is 71.6 Å². The highest BCUT2D eigenvalue weighted by molar-refractivity contribution is 7.92. The molecule has 0 aliphatic rings. The van der Waals surface area contributed by atoms with Gasteiger partial charge in [0.1, 0.15) is 6.54 Å². The molecule has 0 heterocycles. The topological polar surface area (TPSA) is 66.5 Å². The summed E-state index contributed by atoms with van der Waals surface area (Å²) in [6, 6.07) is 19.7. The van der Waals surface area contributed by atoms with E-state index in [0.717, 1.165) is 27.8 Å². The fourth-order valence-corrected chi connectivity index (χ4v) is 4.80. The van der Waals surface area contributed by atoms with E-state index in [1.807, 2.05) is 65.0 Å². The molecule has 5 nitrogen and oxygen atoms in total. The molecule has 3 aromatic rings. The van der Waals surface area contributed by atoms with E-state index in [-0.39, 0.29) is 23.4 Å². The molecule has 3 aromatic carbocycles. The quantitative estimate of drug-likeness (QED) is 0.551. The smallest absolute Gasteiger partial charge is 0.264 e. The van der Waals surface area contributed by atoms with E-state index in [9.17, 15) is 13.2 Å². The zero-order chi connectivity index (χ0) is 23.5. The van der Waals surface area contributed by atoms with Crippen LogP contribution >= 0.6 is 0 Å². The average molecular weight is 451 g/mol. The number of carbonyl (C=O) groups is 1. The van der Waals surface area contributed by atoms with Crippen LogP contribution in [-0.4, -0.2) is 20.9 Å². The van der Waals surface area contributed by atoms with E-state index in [4.69, 9.17) is 0 Å². The van der Waals surface area contributed by atoms with Crippen molar-refractivity contribution in [2.24, 2.45) is 0 Å². The predicted molar refractivity (Wildman–Crippen MR) is 129 cm³/mol. The number of hydrogen-bond donors (Lipinski definition) is 1. The van der Waals surface area contributed by atoms with E-state index in [0.29, 0.717) is 5.69 Å². The third kappa shape index (κ3) is 5.37. The van der Waals surface area contributed by atoms with Gasteiger partial charge in [0.2, 0.25) is 5.91 Å². The lowest BCUT2D eigenvalue weighted by Gasteiger charge is -2.26. The fourth-order valence-electron chi connectivity index (χ4n) is 3.39. The van der Waals surface area contributed by atoms with Gasteiger partial charge in [0.05, 0.1) is 16.6 Å². The average Bonchev–Trinajstić information content (AvgIpc) is 2.74. The van der Waals surface area contributed by atoms with E-state index in [2.05, 4.69) is 5.32 Å². The Morgan fingerprint density at radius 1 is 0.844 bits per heavy atom. The van der Waals surface area contributed by atoms with Crippen molar-refractivity contribution in [2.75, 3.05) is 10.8 Å². The Balaban J connectivity index is 1.91. The number of aryl methyl sites for hydroxylation is 4. The lowest BCUT2D eigenvalue weighted by molar-refractivity contribution is -0.120. The monoisotopic (exact) mass is 450 g/mol. The van der Waals surface area contributed by atoms with Crippen molar-refractivity contribution in [1.82, 2.24) is 5.32 Å². The predicted octanol–water partition coefficient (Wildman–Crippen LogP) is 4.99. The van der Waals surface area contributed by atoms with Gasteiger partial charge in [-0.05, 0) is 75.6 Å². The molecule has 1 atom stereocenters. The first-order valence-corrected chi connectivity index (χ1v) is 12.0. The molecule has 6 heteroatoms. The molecule has 0 radical (unpaired) electrons. The van der Waals surface area contributed by atoms with Crippen molar-refractivity contribution in [1.29, 1.82) is 0 Å². The van der Waals surface area contributed by atoms with Crippen molar-refractivity contribution < 1.29 is 13.2 Å². The number of rotatable bonds is 7. The summed E-state index contributed by atoms with van der Waals surface area (Å²) in [6.07, 6.45) is 0. The van der Waals surface area contributed by atoms with Crippen molar-refractivity contribution in [3.05, 3.63) is 94.5 Å². The first-order valence-electron chi connectivity index (χ1n) is 10.6. The molecule has 0 saturated carbocycles. The second-order valence-corrected chi connectivity index (χ2v) is 10.2. The Bertz CT molecular complexity index is 1200. The summed E-state index contributed by atoms with van der Waals surface area (Å²) in [5, 5.41) is 2.93. The van der Waals surface area contributed by atoms with E-state index in [1.165, 1.54) is 4.31 Å². The van der Waals surface area contributed by atoms with Gasteiger partial charge in [-0.1, -0.05) is 53.6 Å². The Labute approximate surface area is 191 Å². The van der Waals surface area contributed by atoms with Crippen molar-refractivity contribution in [2.45, 2.75) is 45.6 Å². The highest BCUT2D eigenvalue weighted by atomic mass is 32.2. The molecule has 0 fully saturated rings. The summed E-state index contributed by atoms with van der Waals surface area (Å²) in [7, 11) is -3.93. The molecule has 0 aliphatic carbocycles. The van der Waals surface area contributed by atoms with E-state index >= 15 is 0 Å². The molecule has 0 aliphatic heterocycles. The van der Waals surface area contributed by atoms with Crippen LogP contribution in [0.25, 0.3) is 0 Å². The number of carbonyl (C=O) groups excluding carboxylic acids is 1. The third-order valence-corrected chi connectivity index (χ3v) is 7.42. The second-order valence-electron chi connectivity index (χ2n) is 8.29. The third-order valence-electron chi connectivity index (χ3n) is 5.63. The first-order chi connectivity index (χ1) is 15.1. The minimum atomic E-state index is -3.93. The number of nitrogens with one attached hydrogen (secondary N) is 1. The van der Waals surface area contributed by atoms with Crippen LogP contribution in [0.2, 0.25) is 0 Å². The fraction of sp³-hybridized carbons (Fsp3) is 0.269. The van der Waals surface area contributed by atoms with Gasteiger partial charge in [-0.2, -0.15) is 0 Å². The van der Waals surface area contributed by atoms with Crippen LogP contribution in [0, 0.1) is 27.7 Å². The molecule has 0 saturated heterocycles. The summed E-state index contributed by atoms with van der Waals surface area (Å²) in [6.45, 7) is 9.37. The van der Waals surface area contributed by atoms with Gasteiger partial charge in [0, 0.05) is 0 Å². The van der Waals surface area contributed by atoms with Crippen molar-refractivity contribution in [3.63, 3.8) is 0 Å². The zero-order valence-corrected chi connectivity index (χ0v) is 20.0. The maximum absolute atomic E-state index is 13.5. The second kappa shape index (κ2) is 9.57. The lowest BCUT2D eigenvalue weighted by Crippen LogP contribution is -2.41. The summed E-state index contributed by atoms with van der Waals surface area (Å²) in [5.74, 6) is -0.369. The van der Waals surface area contributed by atoms with Crippen LogP contribution in [0.3, 0.4) is 0 Å². The largest absolute Gasteiger partial charge is 0.348 e. The minimum Gasteiger partial charge on any atom is -0.348 e. The number of sulfonamides is 1. The molecule has 0 unspecified atom stereocenters. The number of amides is 1. The maximum Gasteiger partial charge on any atom is 0.264 e. The molecular weight excluding hydrogens is 420 g/mol. The van der Waals surface area contributed by atoms with Gasteiger partial charge in [-0.3, -0.25) is 9.10 Å². The summed E-state index contributed by atoms with van der Waals surface area (Å²) < 4.78 is 28.2. The van der Waals surface area contributed by atoms with Gasteiger partial charge in [-0.15, -0.1) is 0 Å². The molecule has 0 spiro atoms. The van der Waals surface area contributed by atoms with Gasteiger partial charge in [0.25, 0.3) is 10.0 Å². The van der Waals surface area contributed by atoms with Gasteiger partial charge >= 0.3 is 0 Å².